The molecule has 5 rings (SSSR count). The molecular weight excluding hydrogens is 400 g/mol. The van der Waals surface area contributed by atoms with Gasteiger partial charge in [0.1, 0.15) is 11.6 Å². The van der Waals surface area contributed by atoms with E-state index >= 15 is 0 Å². The van der Waals surface area contributed by atoms with E-state index < -0.39 is 0 Å². The van der Waals surface area contributed by atoms with Gasteiger partial charge in [0.25, 0.3) is 0 Å². The minimum Gasteiger partial charge on any atom is -0.367 e. The maximum Gasteiger partial charge on any atom is 0.223 e. The van der Waals surface area contributed by atoms with Crippen LogP contribution in [0.1, 0.15) is 62.9 Å². The molecule has 7 heteroatoms. The summed E-state index contributed by atoms with van der Waals surface area (Å²) in [5.74, 6) is 2.11. The fraction of sp³-hybridized carbons (Fsp3) is 0.520. The first kappa shape index (κ1) is 20.9. The first-order valence-corrected chi connectivity index (χ1v) is 11.9. The van der Waals surface area contributed by atoms with Crippen LogP contribution >= 0.6 is 0 Å². The van der Waals surface area contributed by atoms with E-state index in [4.69, 9.17) is 15.1 Å². The van der Waals surface area contributed by atoms with Crippen molar-refractivity contribution in [3.8, 4) is 5.69 Å². The van der Waals surface area contributed by atoms with E-state index in [2.05, 4.69) is 10.6 Å². The van der Waals surface area contributed by atoms with E-state index in [9.17, 15) is 4.79 Å². The zero-order valence-electron chi connectivity index (χ0n) is 19.0. The molecule has 32 heavy (non-hydrogen) atoms. The summed E-state index contributed by atoms with van der Waals surface area (Å²) in [4.78, 5) is 21.9. The number of benzene rings is 1. The van der Waals surface area contributed by atoms with Crippen LogP contribution in [0.15, 0.2) is 30.3 Å². The molecule has 0 unspecified atom stereocenters. The molecule has 2 fully saturated rings. The number of carbonyl (C=O) groups is 1. The first-order chi connectivity index (χ1) is 15.6. The minimum absolute atomic E-state index is 0.243. The van der Waals surface area contributed by atoms with E-state index in [-0.39, 0.29) is 11.8 Å². The van der Waals surface area contributed by atoms with Crippen molar-refractivity contribution >= 4 is 22.8 Å². The normalized spacial score (nSPS) is 21.7. The molecular formula is C25H32N6O. The molecule has 0 radical (unpaired) electrons. The van der Waals surface area contributed by atoms with Gasteiger partial charge in [-0.1, -0.05) is 31.0 Å². The van der Waals surface area contributed by atoms with Crippen molar-refractivity contribution in [1.29, 1.82) is 0 Å². The largest absolute Gasteiger partial charge is 0.367 e. The molecule has 1 amide bonds. The Kier molecular flexibility index (Phi) is 5.81. The number of aryl methyl sites for hydroxylation is 2. The quantitative estimate of drug-likeness (QED) is 0.622. The number of fused-ring (bicyclic) bond motifs is 1. The fourth-order valence-electron chi connectivity index (χ4n) is 5.23. The van der Waals surface area contributed by atoms with Crippen LogP contribution in [-0.4, -0.2) is 37.7 Å². The molecule has 0 spiro atoms. The summed E-state index contributed by atoms with van der Waals surface area (Å²) < 4.78 is 1.90. The van der Waals surface area contributed by atoms with Gasteiger partial charge in [0.05, 0.1) is 16.8 Å². The van der Waals surface area contributed by atoms with Crippen LogP contribution in [0, 0.1) is 19.8 Å². The predicted octanol–water partition coefficient (Wildman–Crippen LogP) is 4.46. The van der Waals surface area contributed by atoms with Crippen molar-refractivity contribution in [2.75, 3.05) is 5.32 Å². The number of nitrogens with one attached hydrogen (secondary N) is 2. The van der Waals surface area contributed by atoms with Crippen LogP contribution in [0.4, 0.5) is 5.82 Å². The summed E-state index contributed by atoms with van der Waals surface area (Å²) in [7, 11) is 0. The number of hydrogen-bond acceptors (Lipinski definition) is 5. The van der Waals surface area contributed by atoms with Gasteiger partial charge in [-0.3, -0.25) is 4.79 Å². The van der Waals surface area contributed by atoms with Crippen molar-refractivity contribution in [3.05, 3.63) is 41.9 Å². The van der Waals surface area contributed by atoms with Crippen LogP contribution in [0.25, 0.3) is 16.7 Å². The lowest BCUT2D eigenvalue weighted by molar-refractivity contribution is -0.125. The van der Waals surface area contributed by atoms with E-state index in [0.717, 1.165) is 72.6 Å². The molecule has 3 aromatic rings. The Morgan fingerprint density at radius 3 is 2.34 bits per heavy atom. The highest BCUT2D eigenvalue weighted by Gasteiger charge is 2.28. The second-order valence-corrected chi connectivity index (χ2v) is 9.33. The molecule has 2 N–H and O–H groups in total. The summed E-state index contributed by atoms with van der Waals surface area (Å²) in [6.07, 6.45) is 8.56. The molecule has 0 saturated heterocycles. The number of nitrogens with zero attached hydrogens (tertiary/aromatic N) is 4. The molecule has 2 aliphatic carbocycles. The van der Waals surface area contributed by atoms with Gasteiger partial charge < -0.3 is 10.6 Å². The molecule has 7 nitrogen and oxygen atoms in total. The third-order valence-corrected chi connectivity index (χ3v) is 6.96. The summed E-state index contributed by atoms with van der Waals surface area (Å²) in [5.41, 5.74) is 2.75. The lowest BCUT2D eigenvalue weighted by Gasteiger charge is -2.30. The van der Waals surface area contributed by atoms with Crippen molar-refractivity contribution in [3.63, 3.8) is 0 Å². The number of hydrogen-bond donors (Lipinski definition) is 2. The summed E-state index contributed by atoms with van der Waals surface area (Å²) in [5, 5.41) is 12.7. The molecule has 0 aliphatic heterocycles. The molecule has 168 valence electrons. The van der Waals surface area contributed by atoms with E-state index in [1.807, 2.05) is 48.9 Å². The average molecular weight is 433 g/mol. The molecule has 0 atom stereocenters. The number of carbonyl (C=O) groups excluding carboxylic acids is 1. The summed E-state index contributed by atoms with van der Waals surface area (Å²) in [6, 6.07) is 10.7. The number of para-hydroxylation sites is 1. The monoisotopic (exact) mass is 432 g/mol. The Morgan fingerprint density at radius 1 is 0.938 bits per heavy atom. The highest BCUT2D eigenvalue weighted by atomic mass is 16.1. The van der Waals surface area contributed by atoms with Gasteiger partial charge in [-0.2, -0.15) is 5.10 Å². The molecule has 2 aromatic heterocycles. The van der Waals surface area contributed by atoms with Gasteiger partial charge in [0, 0.05) is 18.0 Å². The van der Waals surface area contributed by atoms with Gasteiger partial charge in [0.15, 0.2) is 5.65 Å². The van der Waals surface area contributed by atoms with E-state index in [1.165, 1.54) is 12.8 Å². The van der Waals surface area contributed by atoms with Gasteiger partial charge in [-0.15, -0.1) is 0 Å². The van der Waals surface area contributed by atoms with Crippen molar-refractivity contribution in [2.24, 2.45) is 5.92 Å². The molecule has 0 bridgehead atoms. The summed E-state index contributed by atoms with van der Waals surface area (Å²) in [6.45, 7) is 3.94. The maximum atomic E-state index is 12.5. The third kappa shape index (κ3) is 4.20. The van der Waals surface area contributed by atoms with E-state index in [0.29, 0.717) is 12.1 Å². The number of amides is 1. The van der Waals surface area contributed by atoms with Gasteiger partial charge in [-0.05, 0) is 64.5 Å². The molecule has 2 aliphatic rings. The Bertz CT molecular complexity index is 1090. The number of anilines is 1. The Morgan fingerprint density at radius 2 is 1.62 bits per heavy atom. The van der Waals surface area contributed by atoms with Gasteiger partial charge >= 0.3 is 0 Å². The maximum absolute atomic E-state index is 12.5. The predicted molar refractivity (Wildman–Crippen MR) is 126 cm³/mol. The highest BCUT2D eigenvalue weighted by Crippen LogP contribution is 2.30. The lowest BCUT2D eigenvalue weighted by atomic mass is 9.90. The Labute approximate surface area is 189 Å². The summed E-state index contributed by atoms with van der Waals surface area (Å²) >= 11 is 0. The zero-order chi connectivity index (χ0) is 22.1. The number of rotatable bonds is 5. The topological polar surface area (TPSA) is 84.7 Å². The van der Waals surface area contributed by atoms with Gasteiger partial charge in [0.2, 0.25) is 5.91 Å². The SMILES string of the molecule is Cc1nc(NC2CCC(NC(=O)C3CCCC3)CC2)c2c(C)nn(-c3ccccc3)c2n1. The third-order valence-electron chi connectivity index (χ3n) is 6.96. The lowest BCUT2D eigenvalue weighted by Crippen LogP contribution is -2.42. The zero-order valence-corrected chi connectivity index (χ0v) is 19.0. The van der Waals surface area contributed by atoms with Gasteiger partial charge in [-0.25, -0.2) is 14.6 Å². The molecule has 2 saturated carbocycles. The smallest absolute Gasteiger partial charge is 0.223 e. The minimum atomic E-state index is 0.243. The second kappa shape index (κ2) is 8.88. The first-order valence-electron chi connectivity index (χ1n) is 11.9. The van der Waals surface area contributed by atoms with Crippen molar-refractivity contribution in [2.45, 2.75) is 77.3 Å². The Hall–Kier alpha value is -2.96. The van der Waals surface area contributed by atoms with Crippen molar-refractivity contribution < 1.29 is 4.79 Å². The van der Waals surface area contributed by atoms with E-state index in [1.54, 1.807) is 0 Å². The van der Waals surface area contributed by atoms with Crippen LogP contribution in [0.3, 0.4) is 0 Å². The van der Waals surface area contributed by atoms with Crippen LogP contribution < -0.4 is 10.6 Å². The van der Waals surface area contributed by atoms with Crippen LogP contribution in [-0.2, 0) is 4.79 Å². The van der Waals surface area contributed by atoms with Crippen LogP contribution in [0.2, 0.25) is 0 Å². The average Bonchev–Trinajstić information content (AvgIpc) is 3.44. The Balaban J connectivity index is 1.30. The van der Waals surface area contributed by atoms with Crippen LogP contribution in [0.5, 0.6) is 0 Å². The fourth-order valence-corrected chi connectivity index (χ4v) is 5.23. The standard InChI is InChI=1S/C25H32N6O/c1-16-22-23(26-17(2)27-24(22)31(30-16)21-10-4-3-5-11-21)28-19-12-14-20(15-13-19)29-25(32)18-8-6-7-9-18/h3-5,10-11,18-20H,6-9,12-15H2,1-2H3,(H,29,32)(H,26,27,28). The molecule has 2 heterocycles. The highest BCUT2D eigenvalue weighted by molar-refractivity contribution is 5.90. The molecule has 1 aromatic carbocycles. The second-order valence-electron chi connectivity index (χ2n) is 9.33. The van der Waals surface area contributed by atoms with Crippen molar-refractivity contribution in [1.82, 2.24) is 25.1 Å². The number of aromatic nitrogens is 4.